The molecule has 0 spiro atoms. The summed E-state index contributed by atoms with van der Waals surface area (Å²) in [5.41, 5.74) is 3.80. The van der Waals surface area contributed by atoms with Crippen molar-refractivity contribution in [2.45, 2.75) is 65.5 Å². The fourth-order valence-corrected chi connectivity index (χ4v) is 4.09. The minimum atomic E-state index is -0.0654. The van der Waals surface area contributed by atoms with Crippen molar-refractivity contribution in [3.8, 4) is 5.82 Å². The molecule has 0 radical (unpaired) electrons. The van der Waals surface area contributed by atoms with E-state index >= 15 is 0 Å². The van der Waals surface area contributed by atoms with E-state index in [0.29, 0.717) is 17.8 Å². The van der Waals surface area contributed by atoms with Crippen LogP contribution in [0.5, 0.6) is 0 Å². The lowest BCUT2D eigenvalue weighted by Gasteiger charge is -2.29. The molecule has 0 bridgehead atoms. The highest BCUT2D eigenvalue weighted by molar-refractivity contribution is 5.29. The van der Waals surface area contributed by atoms with Gasteiger partial charge in [-0.2, -0.15) is 5.10 Å². The summed E-state index contributed by atoms with van der Waals surface area (Å²) in [5, 5.41) is 12.6. The van der Waals surface area contributed by atoms with Crippen molar-refractivity contribution in [2.24, 2.45) is 0 Å². The summed E-state index contributed by atoms with van der Waals surface area (Å²) < 4.78 is 3.42. The van der Waals surface area contributed by atoms with Gasteiger partial charge in [-0.25, -0.2) is 19.3 Å². The molecule has 3 aromatic heterocycles. The molecule has 8 heteroatoms. The maximum atomic E-state index is 12.5. The largest absolute Gasteiger partial charge is 0.351 e. The van der Waals surface area contributed by atoms with E-state index in [2.05, 4.69) is 25.5 Å². The number of rotatable bonds is 4. The van der Waals surface area contributed by atoms with Crippen LogP contribution in [0.1, 0.15) is 54.5 Å². The molecule has 3 heterocycles. The molecular formula is C21H27N7O. The lowest BCUT2D eigenvalue weighted by molar-refractivity contribution is 0.302. The zero-order chi connectivity index (χ0) is 20.5. The number of aromatic nitrogens is 6. The smallest absolute Gasteiger partial charge is 0.267 e. The molecular weight excluding hydrogens is 366 g/mol. The van der Waals surface area contributed by atoms with Gasteiger partial charge in [-0.05, 0) is 71.6 Å². The van der Waals surface area contributed by atoms with Crippen LogP contribution in [0.25, 0.3) is 5.82 Å². The van der Waals surface area contributed by atoms with Gasteiger partial charge in [-0.15, -0.1) is 5.10 Å². The Hall–Kier alpha value is -3.03. The van der Waals surface area contributed by atoms with Crippen LogP contribution >= 0.6 is 0 Å². The van der Waals surface area contributed by atoms with Gasteiger partial charge in [0.15, 0.2) is 5.82 Å². The third-order valence-electron chi connectivity index (χ3n) is 5.40. The standard InChI is InChI=1S/C21H27N7O/c1-13-11-14(2)23-21(22-13)24-17-5-7-18(8-6-17)28-20(29)10-9-19(26-28)27-16(4)12-15(3)25-27/h9-12,17-18H,5-8H2,1-4H3,(H,22,23,24). The van der Waals surface area contributed by atoms with Crippen LogP contribution in [-0.4, -0.2) is 35.6 Å². The normalized spacial score (nSPS) is 19.3. The predicted octanol–water partition coefficient (Wildman–Crippen LogP) is 3.05. The number of nitrogens with one attached hydrogen (secondary N) is 1. The van der Waals surface area contributed by atoms with E-state index in [-0.39, 0.29) is 11.6 Å². The van der Waals surface area contributed by atoms with Crippen molar-refractivity contribution in [1.29, 1.82) is 0 Å². The average Bonchev–Trinajstić information content (AvgIpc) is 3.00. The van der Waals surface area contributed by atoms with Gasteiger partial charge in [0.2, 0.25) is 5.95 Å². The van der Waals surface area contributed by atoms with E-state index < -0.39 is 0 Å². The van der Waals surface area contributed by atoms with Gasteiger partial charge in [-0.3, -0.25) is 4.79 Å². The highest BCUT2D eigenvalue weighted by Gasteiger charge is 2.24. The van der Waals surface area contributed by atoms with Crippen LogP contribution in [0.2, 0.25) is 0 Å². The Balaban J connectivity index is 1.47. The van der Waals surface area contributed by atoms with E-state index in [1.807, 2.05) is 39.8 Å². The van der Waals surface area contributed by atoms with Crippen molar-refractivity contribution in [1.82, 2.24) is 29.5 Å². The second-order valence-corrected chi connectivity index (χ2v) is 7.94. The minimum Gasteiger partial charge on any atom is -0.351 e. The maximum absolute atomic E-state index is 12.5. The lowest BCUT2D eigenvalue weighted by atomic mass is 9.91. The number of anilines is 1. The van der Waals surface area contributed by atoms with Gasteiger partial charge in [0.1, 0.15) is 0 Å². The molecule has 1 saturated carbocycles. The van der Waals surface area contributed by atoms with Gasteiger partial charge in [-0.1, -0.05) is 0 Å². The number of aryl methyl sites for hydroxylation is 4. The van der Waals surface area contributed by atoms with E-state index in [4.69, 9.17) is 0 Å². The summed E-state index contributed by atoms with van der Waals surface area (Å²) >= 11 is 0. The molecule has 0 unspecified atom stereocenters. The molecule has 0 saturated heterocycles. The van der Waals surface area contributed by atoms with E-state index in [9.17, 15) is 4.79 Å². The number of hydrogen-bond donors (Lipinski definition) is 1. The van der Waals surface area contributed by atoms with Crippen LogP contribution in [-0.2, 0) is 0 Å². The molecule has 1 fully saturated rings. The van der Waals surface area contributed by atoms with Crippen molar-refractivity contribution in [3.05, 3.63) is 57.4 Å². The molecule has 4 rings (SSSR count). The second-order valence-electron chi connectivity index (χ2n) is 7.94. The Morgan fingerprint density at radius 1 is 0.897 bits per heavy atom. The number of nitrogens with zero attached hydrogens (tertiary/aromatic N) is 6. The van der Waals surface area contributed by atoms with E-state index in [0.717, 1.165) is 48.5 Å². The molecule has 3 aromatic rings. The zero-order valence-corrected chi connectivity index (χ0v) is 17.4. The summed E-state index contributed by atoms with van der Waals surface area (Å²) in [4.78, 5) is 21.4. The van der Waals surface area contributed by atoms with Gasteiger partial charge >= 0.3 is 0 Å². The summed E-state index contributed by atoms with van der Waals surface area (Å²) in [7, 11) is 0. The molecule has 1 aliphatic carbocycles. The highest BCUT2D eigenvalue weighted by atomic mass is 16.1. The average molecular weight is 393 g/mol. The van der Waals surface area contributed by atoms with Crippen molar-refractivity contribution in [2.75, 3.05) is 5.32 Å². The highest BCUT2D eigenvalue weighted by Crippen LogP contribution is 2.28. The molecule has 8 nitrogen and oxygen atoms in total. The number of hydrogen-bond acceptors (Lipinski definition) is 6. The first-order chi connectivity index (χ1) is 13.9. The molecule has 1 N–H and O–H groups in total. The van der Waals surface area contributed by atoms with Crippen LogP contribution in [0.4, 0.5) is 5.95 Å². The van der Waals surface area contributed by atoms with Gasteiger partial charge in [0.25, 0.3) is 5.56 Å². The first-order valence-corrected chi connectivity index (χ1v) is 10.1. The van der Waals surface area contributed by atoms with Gasteiger partial charge in [0, 0.05) is 29.2 Å². The molecule has 29 heavy (non-hydrogen) atoms. The molecule has 152 valence electrons. The third-order valence-corrected chi connectivity index (χ3v) is 5.40. The molecule has 1 aliphatic rings. The summed E-state index contributed by atoms with van der Waals surface area (Å²) in [6.45, 7) is 7.89. The fraction of sp³-hybridized carbons (Fsp3) is 0.476. The Bertz CT molecular complexity index is 1060. The van der Waals surface area contributed by atoms with E-state index in [1.165, 1.54) is 0 Å². The molecule has 0 aromatic carbocycles. The Morgan fingerprint density at radius 2 is 1.59 bits per heavy atom. The first kappa shape index (κ1) is 19.3. The summed E-state index contributed by atoms with van der Waals surface area (Å²) in [6.07, 6.45) is 3.66. The second kappa shape index (κ2) is 7.77. The van der Waals surface area contributed by atoms with Crippen molar-refractivity contribution >= 4 is 5.95 Å². The Labute approximate surface area is 170 Å². The Morgan fingerprint density at radius 3 is 2.21 bits per heavy atom. The zero-order valence-electron chi connectivity index (χ0n) is 17.4. The molecule has 0 atom stereocenters. The van der Waals surface area contributed by atoms with Gasteiger partial charge in [0.05, 0.1) is 11.7 Å². The SMILES string of the molecule is Cc1cc(C)nc(NC2CCC(n3nc(-n4nc(C)cc4C)ccc3=O)CC2)n1. The summed E-state index contributed by atoms with van der Waals surface area (Å²) in [5.74, 6) is 1.37. The fourth-order valence-electron chi connectivity index (χ4n) is 4.09. The third kappa shape index (κ3) is 4.21. The van der Waals surface area contributed by atoms with Crippen molar-refractivity contribution < 1.29 is 0 Å². The first-order valence-electron chi connectivity index (χ1n) is 10.1. The molecule has 0 aliphatic heterocycles. The van der Waals surface area contributed by atoms with E-state index in [1.54, 1.807) is 21.5 Å². The molecule has 0 amide bonds. The monoisotopic (exact) mass is 393 g/mol. The van der Waals surface area contributed by atoms with Gasteiger partial charge < -0.3 is 5.32 Å². The summed E-state index contributed by atoms with van der Waals surface area (Å²) in [6, 6.07) is 7.70. The minimum absolute atomic E-state index is 0.0654. The predicted molar refractivity (Wildman–Crippen MR) is 112 cm³/mol. The van der Waals surface area contributed by atoms with Crippen molar-refractivity contribution in [3.63, 3.8) is 0 Å². The Kier molecular flexibility index (Phi) is 5.17. The van der Waals surface area contributed by atoms with Crippen LogP contribution < -0.4 is 10.9 Å². The quantitative estimate of drug-likeness (QED) is 0.733. The lowest BCUT2D eigenvalue weighted by Crippen LogP contribution is -2.34. The van der Waals surface area contributed by atoms with Crippen LogP contribution in [0, 0.1) is 27.7 Å². The van der Waals surface area contributed by atoms with Crippen LogP contribution in [0.3, 0.4) is 0 Å². The van der Waals surface area contributed by atoms with Crippen LogP contribution in [0.15, 0.2) is 29.1 Å². The topological polar surface area (TPSA) is 90.5 Å². The maximum Gasteiger partial charge on any atom is 0.267 e.